The van der Waals surface area contributed by atoms with Gasteiger partial charge in [-0.1, -0.05) is 41.4 Å². The summed E-state index contributed by atoms with van der Waals surface area (Å²) in [6.07, 6.45) is 2.17. The Morgan fingerprint density at radius 1 is 1.06 bits per heavy atom. The molecule has 1 fully saturated rings. The maximum Gasteiger partial charge on any atom is 0.293 e. The van der Waals surface area contributed by atoms with Gasteiger partial charge in [-0.05, 0) is 55.7 Å². The number of piperazine rings is 1. The van der Waals surface area contributed by atoms with E-state index in [4.69, 9.17) is 11.6 Å². The largest absolute Gasteiger partial charge is 0.333 e. The Morgan fingerprint density at radius 2 is 1.88 bits per heavy atom. The van der Waals surface area contributed by atoms with Crippen LogP contribution in [0.4, 0.5) is 0 Å². The fraction of sp³-hybridized carbons (Fsp3) is 0.308. The Morgan fingerprint density at radius 3 is 2.65 bits per heavy atom. The molecule has 1 unspecified atom stereocenters. The van der Waals surface area contributed by atoms with Gasteiger partial charge in [0.15, 0.2) is 0 Å². The van der Waals surface area contributed by atoms with Gasteiger partial charge in [0, 0.05) is 42.7 Å². The molecule has 8 heteroatoms. The molecular weight excluding hydrogens is 450 g/mol. The molecule has 0 saturated carbocycles. The maximum atomic E-state index is 13.4. The van der Waals surface area contributed by atoms with Crippen LogP contribution in [0.3, 0.4) is 0 Å². The molecule has 1 atom stereocenters. The van der Waals surface area contributed by atoms with Crippen LogP contribution < -0.4 is 0 Å². The van der Waals surface area contributed by atoms with E-state index >= 15 is 0 Å². The van der Waals surface area contributed by atoms with Gasteiger partial charge in [-0.3, -0.25) is 9.59 Å². The van der Waals surface area contributed by atoms with Gasteiger partial charge in [-0.2, -0.15) is 0 Å². The zero-order chi connectivity index (χ0) is 24.0. The van der Waals surface area contributed by atoms with Gasteiger partial charge in [0.05, 0.1) is 5.69 Å². The number of hydrogen-bond acceptors (Lipinski definition) is 4. The SMILES string of the molecule is CC1=C(C(=O)N2CCN(C(=O)c3ncn(-c4cccc(Cl)c4)n3)CC2C)Cc2ccc(C)cc21. The van der Waals surface area contributed by atoms with Crippen molar-refractivity contribution in [2.45, 2.75) is 33.2 Å². The lowest BCUT2D eigenvalue weighted by Crippen LogP contribution is -2.56. The average Bonchev–Trinajstić information content (AvgIpc) is 3.44. The van der Waals surface area contributed by atoms with Crippen LogP contribution in [0, 0.1) is 6.92 Å². The lowest BCUT2D eigenvalue weighted by molar-refractivity contribution is -0.131. The Bertz CT molecular complexity index is 1330. The summed E-state index contributed by atoms with van der Waals surface area (Å²) in [5, 5.41) is 4.93. The van der Waals surface area contributed by atoms with Crippen LogP contribution in [0.15, 0.2) is 54.4 Å². The van der Waals surface area contributed by atoms with Gasteiger partial charge >= 0.3 is 0 Å². The second-order valence-electron chi connectivity index (χ2n) is 9.03. The molecule has 2 aliphatic rings. The molecule has 2 aromatic carbocycles. The molecule has 2 amide bonds. The smallest absolute Gasteiger partial charge is 0.293 e. The molecule has 3 aromatic rings. The number of hydrogen-bond donors (Lipinski definition) is 0. The van der Waals surface area contributed by atoms with Crippen LogP contribution in [0.5, 0.6) is 0 Å². The zero-order valence-electron chi connectivity index (χ0n) is 19.5. The van der Waals surface area contributed by atoms with Crippen LogP contribution in [0.25, 0.3) is 11.3 Å². The van der Waals surface area contributed by atoms with E-state index in [0.29, 0.717) is 31.1 Å². The van der Waals surface area contributed by atoms with Crippen molar-refractivity contribution in [3.8, 4) is 5.69 Å². The van der Waals surface area contributed by atoms with E-state index < -0.39 is 0 Å². The van der Waals surface area contributed by atoms with E-state index in [1.165, 1.54) is 27.7 Å². The van der Waals surface area contributed by atoms with Gasteiger partial charge in [0.2, 0.25) is 5.82 Å². The third kappa shape index (κ3) is 4.01. The number of aromatic nitrogens is 3. The summed E-state index contributed by atoms with van der Waals surface area (Å²) >= 11 is 6.06. The average molecular weight is 476 g/mol. The number of nitrogens with zero attached hydrogens (tertiary/aromatic N) is 5. The van der Waals surface area contributed by atoms with Crippen LogP contribution in [0.1, 0.15) is 41.2 Å². The predicted molar refractivity (Wildman–Crippen MR) is 131 cm³/mol. The quantitative estimate of drug-likeness (QED) is 0.575. The van der Waals surface area contributed by atoms with E-state index in [9.17, 15) is 9.59 Å². The summed E-state index contributed by atoms with van der Waals surface area (Å²) in [7, 11) is 0. The molecule has 1 aliphatic carbocycles. The number of allylic oxidation sites excluding steroid dienone is 1. The number of carbonyl (C=O) groups excluding carboxylic acids is 2. The molecule has 1 saturated heterocycles. The fourth-order valence-corrected chi connectivity index (χ4v) is 4.96. The minimum Gasteiger partial charge on any atom is -0.333 e. The number of rotatable bonds is 3. The first-order chi connectivity index (χ1) is 16.3. The minimum atomic E-state index is -0.237. The molecular formula is C26H26ClN5O2. The Balaban J connectivity index is 1.27. The summed E-state index contributed by atoms with van der Waals surface area (Å²) in [4.78, 5) is 34.3. The van der Waals surface area contributed by atoms with Gasteiger partial charge < -0.3 is 9.80 Å². The highest BCUT2D eigenvalue weighted by Gasteiger charge is 2.34. The van der Waals surface area contributed by atoms with E-state index in [1.54, 1.807) is 17.0 Å². The molecule has 1 aliphatic heterocycles. The van der Waals surface area contributed by atoms with Gasteiger partial charge in [-0.15, -0.1) is 5.10 Å². The number of amides is 2. The van der Waals surface area contributed by atoms with Crippen LogP contribution >= 0.6 is 11.6 Å². The Kier molecular flexibility index (Phi) is 5.73. The second-order valence-corrected chi connectivity index (χ2v) is 9.47. The first-order valence-corrected chi connectivity index (χ1v) is 11.8. The van der Waals surface area contributed by atoms with Gasteiger partial charge in [0.1, 0.15) is 6.33 Å². The summed E-state index contributed by atoms with van der Waals surface area (Å²) in [6, 6.07) is 13.5. The van der Waals surface area contributed by atoms with Crippen LogP contribution in [-0.2, 0) is 11.2 Å². The standard InChI is InChI=1S/C26H26ClN5O2/c1-16-7-8-19-12-23(18(3)22(19)11-16)25(33)31-10-9-30(14-17(31)2)26(34)24-28-15-32(29-24)21-6-4-5-20(27)13-21/h4-8,11,13,15,17H,9-10,12,14H2,1-3H3. The third-order valence-electron chi connectivity index (χ3n) is 6.68. The van der Waals surface area contributed by atoms with Crippen molar-refractivity contribution in [2.75, 3.05) is 19.6 Å². The van der Waals surface area contributed by atoms with E-state index in [-0.39, 0.29) is 23.7 Å². The second kappa shape index (κ2) is 8.72. The van der Waals surface area contributed by atoms with Crippen molar-refractivity contribution in [3.63, 3.8) is 0 Å². The molecule has 34 heavy (non-hydrogen) atoms. The van der Waals surface area contributed by atoms with Gasteiger partial charge in [-0.25, -0.2) is 9.67 Å². The van der Waals surface area contributed by atoms with E-state index in [0.717, 1.165) is 16.8 Å². The lowest BCUT2D eigenvalue weighted by Gasteiger charge is -2.39. The highest BCUT2D eigenvalue weighted by molar-refractivity contribution is 6.30. The van der Waals surface area contributed by atoms with Crippen LogP contribution in [-0.4, -0.2) is 62.1 Å². The Labute approximate surface area is 203 Å². The monoisotopic (exact) mass is 475 g/mol. The van der Waals surface area contributed by atoms with Gasteiger partial charge in [0.25, 0.3) is 11.8 Å². The number of benzene rings is 2. The number of halogens is 1. The number of fused-ring (bicyclic) bond motifs is 1. The van der Waals surface area contributed by atoms with Crippen molar-refractivity contribution in [3.05, 3.63) is 81.9 Å². The molecule has 174 valence electrons. The lowest BCUT2D eigenvalue weighted by atomic mass is 10.0. The first-order valence-electron chi connectivity index (χ1n) is 11.4. The topological polar surface area (TPSA) is 71.3 Å². The molecule has 0 radical (unpaired) electrons. The predicted octanol–water partition coefficient (Wildman–Crippen LogP) is 3.93. The maximum absolute atomic E-state index is 13.4. The summed E-state index contributed by atoms with van der Waals surface area (Å²) in [5.41, 5.74) is 6.22. The molecule has 2 heterocycles. The van der Waals surface area contributed by atoms with Crippen molar-refractivity contribution in [1.82, 2.24) is 24.6 Å². The van der Waals surface area contributed by atoms with Crippen molar-refractivity contribution < 1.29 is 9.59 Å². The zero-order valence-corrected chi connectivity index (χ0v) is 20.2. The van der Waals surface area contributed by atoms with E-state index in [2.05, 4.69) is 35.2 Å². The number of aryl methyl sites for hydroxylation is 1. The molecule has 1 aromatic heterocycles. The summed E-state index contributed by atoms with van der Waals surface area (Å²) in [5.74, 6) is -0.0414. The Hall–Kier alpha value is -3.45. The van der Waals surface area contributed by atoms with Crippen LogP contribution in [0.2, 0.25) is 5.02 Å². The first kappa shape index (κ1) is 22.3. The molecule has 7 nitrogen and oxygen atoms in total. The highest BCUT2D eigenvalue weighted by atomic mass is 35.5. The van der Waals surface area contributed by atoms with Crippen molar-refractivity contribution in [1.29, 1.82) is 0 Å². The molecule has 0 spiro atoms. The normalized spacial score (nSPS) is 17.8. The van der Waals surface area contributed by atoms with Crippen molar-refractivity contribution in [2.24, 2.45) is 0 Å². The minimum absolute atomic E-state index is 0.0642. The third-order valence-corrected chi connectivity index (χ3v) is 6.91. The summed E-state index contributed by atoms with van der Waals surface area (Å²) < 4.78 is 1.54. The van der Waals surface area contributed by atoms with E-state index in [1.807, 2.05) is 30.9 Å². The summed E-state index contributed by atoms with van der Waals surface area (Å²) in [6.45, 7) is 7.45. The molecule has 5 rings (SSSR count). The molecule has 0 N–H and O–H groups in total. The van der Waals surface area contributed by atoms with Crippen molar-refractivity contribution >= 4 is 29.0 Å². The fourth-order valence-electron chi connectivity index (χ4n) is 4.78. The molecule has 0 bridgehead atoms. The highest BCUT2D eigenvalue weighted by Crippen LogP contribution is 2.34. The number of carbonyl (C=O) groups is 2.